The summed E-state index contributed by atoms with van der Waals surface area (Å²) >= 11 is 0. The predicted molar refractivity (Wildman–Crippen MR) is 76.9 cm³/mol. The third kappa shape index (κ3) is 3.35. The number of benzene rings is 2. The first kappa shape index (κ1) is 14.1. The Kier molecular flexibility index (Phi) is 4.03. The second kappa shape index (κ2) is 5.74. The molecule has 2 N–H and O–H groups in total. The molecule has 104 valence electrons. The van der Waals surface area contributed by atoms with Crippen molar-refractivity contribution in [2.75, 3.05) is 5.32 Å². The van der Waals surface area contributed by atoms with E-state index in [1.165, 1.54) is 12.1 Å². The van der Waals surface area contributed by atoms with Gasteiger partial charge in [-0.3, -0.25) is 4.79 Å². The van der Waals surface area contributed by atoms with Crippen molar-refractivity contribution in [1.82, 2.24) is 0 Å². The van der Waals surface area contributed by atoms with Crippen LogP contribution >= 0.6 is 0 Å². The minimum Gasteiger partial charge on any atom is -0.481 e. The molecule has 2 aromatic rings. The van der Waals surface area contributed by atoms with Crippen LogP contribution in [0.4, 0.5) is 15.8 Å². The second-order valence-electron chi connectivity index (χ2n) is 4.82. The van der Waals surface area contributed by atoms with Crippen LogP contribution in [-0.2, 0) is 11.2 Å². The fraction of sp³-hybridized carbons (Fsp3) is 0.188. The molecule has 0 bridgehead atoms. The van der Waals surface area contributed by atoms with Gasteiger partial charge in [-0.25, -0.2) is 4.39 Å². The van der Waals surface area contributed by atoms with Gasteiger partial charge in [0.25, 0.3) is 0 Å². The summed E-state index contributed by atoms with van der Waals surface area (Å²) in [5, 5.41) is 12.1. The van der Waals surface area contributed by atoms with Crippen molar-refractivity contribution in [2.24, 2.45) is 0 Å². The van der Waals surface area contributed by atoms with Crippen LogP contribution in [-0.4, -0.2) is 11.1 Å². The highest BCUT2D eigenvalue weighted by Crippen LogP contribution is 2.25. The lowest BCUT2D eigenvalue weighted by Crippen LogP contribution is -2.05. The number of hydrogen-bond donors (Lipinski definition) is 2. The molecular formula is C16H16FNO2. The van der Waals surface area contributed by atoms with Crippen molar-refractivity contribution in [3.05, 3.63) is 58.9 Å². The van der Waals surface area contributed by atoms with E-state index in [1.54, 1.807) is 6.07 Å². The molecule has 4 heteroatoms. The van der Waals surface area contributed by atoms with E-state index in [1.807, 2.05) is 32.0 Å². The number of aryl methyl sites for hydroxylation is 2. The number of anilines is 2. The number of carboxylic acid groups (broad SMARTS) is 1. The Morgan fingerprint density at radius 1 is 1.15 bits per heavy atom. The molecule has 0 heterocycles. The van der Waals surface area contributed by atoms with Crippen LogP contribution in [0.25, 0.3) is 0 Å². The van der Waals surface area contributed by atoms with Crippen LogP contribution in [0.5, 0.6) is 0 Å². The van der Waals surface area contributed by atoms with Crippen molar-refractivity contribution in [3.8, 4) is 0 Å². The molecule has 0 saturated heterocycles. The Balaban J connectivity index is 2.35. The molecule has 0 spiro atoms. The average molecular weight is 273 g/mol. The topological polar surface area (TPSA) is 49.3 Å². The van der Waals surface area contributed by atoms with Gasteiger partial charge in [0.1, 0.15) is 5.82 Å². The standard InChI is InChI=1S/C16H16FNO2/c1-10-3-5-14(11(2)7-10)18-15-6-4-13(17)8-12(15)9-16(19)20/h3-8,18H,9H2,1-2H3,(H,19,20). The summed E-state index contributed by atoms with van der Waals surface area (Å²) in [6, 6.07) is 10.1. The molecule has 0 saturated carbocycles. The maximum absolute atomic E-state index is 13.2. The Morgan fingerprint density at radius 2 is 1.85 bits per heavy atom. The monoisotopic (exact) mass is 273 g/mol. The van der Waals surface area contributed by atoms with Crippen LogP contribution in [0, 0.1) is 19.7 Å². The number of rotatable bonds is 4. The van der Waals surface area contributed by atoms with Crippen LogP contribution < -0.4 is 5.32 Å². The van der Waals surface area contributed by atoms with Crippen LogP contribution in [0.3, 0.4) is 0 Å². The number of halogens is 1. The highest BCUT2D eigenvalue weighted by Gasteiger charge is 2.09. The molecular weight excluding hydrogens is 257 g/mol. The number of aliphatic carboxylic acids is 1. The summed E-state index contributed by atoms with van der Waals surface area (Å²) in [6.45, 7) is 3.97. The molecule has 3 nitrogen and oxygen atoms in total. The summed E-state index contributed by atoms with van der Waals surface area (Å²) in [6.07, 6.45) is -0.217. The first-order valence-corrected chi connectivity index (χ1v) is 6.30. The third-order valence-corrected chi connectivity index (χ3v) is 3.06. The molecule has 0 atom stereocenters. The fourth-order valence-electron chi connectivity index (χ4n) is 2.09. The predicted octanol–water partition coefficient (Wildman–Crippen LogP) is 3.81. The van der Waals surface area contributed by atoms with Crippen molar-refractivity contribution < 1.29 is 14.3 Å². The van der Waals surface area contributed by atoms with Crippen LogP contribution in [0.1, 0.15) is 16.7 Å². The third-order valence-electron chi connectivity index (χ3n) is 3.06. The van der Waals surface area contributed by atoms with Gasteiger partial charge in [0, 0.05) is 11.4 Å². The van der Waals surface area contributed by atoms with Gasteiger partial charge in [-0.15, -0.1) is 0 Å². The molecule has 0 unspecified atom stereocenters. The number of hydrogen-bond acceptors (Lipinski definition) is 2. The fourth-order valence-corrected chi connectivity index (χ4v) is 2.09. The molecule has 0 aliphatic heterocycles. The SMILES string of the molecule is Cc1ccc(Nc2ccc(F)cc2CC(=O)O)c(C)c1. The molecule has 0 aliphatic carbocycles. The number of carboxylic acids is 1. The van der Waals surface area contributed by atoms with Gasteiger partial charge >= 0.3 is 5.97 Å². The summed E-state index contributed by atoms with van der Waals surface area (Å²) in [7, 11) is 0. The van der Waals surface area contributed by atoms with Crippen molar-refractivity contribution in [1.29, 1.82) is 0 Å². The summed E-state index contributed by atoms with van der Waals surface area (Å²) < 4.78 is 13.2. The zero-order chi connectivity index (χ0) is 14.7. The highest BCUT2D eigenvalue weighted by molar-refractivity contribution is 5.75. The molecule has 20 heavy (non-hydrogen) atoms. The highest BCUT2D eigenvalue weighted by atomic mass is 19.1. The molecule has 0 aliphatic rings. The lowest BCUT2D eigenvalue weighted by Gasteiger charge is -2.13. The lowest BCUT2D eigenvalue weighted by atomic mass is 10.1. The van der Waals surface area contributed by atoms with E-state index in [-0.39, 0.29) is 6.42 Å². The largest absolute Gasteiger partial charge is 0.481 e. The van der Waals surface area contributed by atoms with Gasteiger partial charge in [-0.2, -0.15) is 0 Å². The molecule has 2 aromatic carbocycles. The summed E-state index contributed by atoms with van der Waals surface area (Å²) in [5.74, 6) is -1.42. The summed E-state index contributed by atoms with van der Waals surface area (Å²) in [5.41, 5.74) is 4.13. The minimum absolute atomic E-state index is 0.217. The van der Waals surface area contributed by atoms with Gasteiger partial charge < -0.3 is 10.4 Å². The van der Waals surface area contributed by atoms with E-state index in [0.717, 1.165) is 16.8 Å². The smallest absolute Gasteiger partial charge is 0.307 e. The second-order valence-corrected chi connectivity index (χ2v) is 4.82. The molecule has 0 aromatic heterocycles. The van der Waals surface area contributed by atoms with E-state index in [2.05, 4.69) is 5.32 Å². The van der Waals surface area contributed by atoms with Gasteiger partial charge in [0.15, 0.2) is 0 Å². The molecule has 2 rings (SSSR count). The van der Waals surface area contributed by atoms with Gasteiger partial charge in [-0.05, 0) is 49.2 Å². The van der Waals surface area contributed by atoms with E-state index in [0.29, 0.717) is 11.3 Å². The number of carbonyl (C=O) groups is 1. The maximum atomic E-state index is 13.2. The quantitative estimate of drug-likeness (QED) is 0.890. The normalized spacial score (nSPS) is 10.3. The van der Waals surface area contributed by atoms with E-state index in [9.17, 15) is 9.18 Å². The zero-order valence-electron chi connectivity index (χ0n) is 11.4. The first-order valence-electron chi connectivity index (χ1n) is 6.30. The van der Waals surface area contributed by atoms with Crippen molar-refractivity contribution >= 4 is 17.3 Å². The molecule has 0 amide bonds. The number of nitrogens with one attached hydrogen (secondary N) is 1. The average Bonchev–Trinajstić information content (AvgIpc) is 2.34. The minimum atomic E-state index is -0.987. The van der Waals surface area contributed by atoms with Gasteiger partial charge in [-0.1, -0.05) is 17.7 Å². The Bertz CT molecular complexity index is 653. The maximum Gasteiger partial charge on any atom is 0.307 e. The molecule has 0 fully saturated rings. The lowest BCUT2D eigenvalue weighted by molar-refractivity contribution is -0.136. The van der Waals surface area contributed by atoms with Crippen molar-refractivity contribution in [2.45, 2.75) is 20.3 Å². The zero-order valence-corrected chi connectivity index (χ0v) is 11.4. The van der Waals surface area contributed by atoms with E-state index in [4.69, 9.17) is 5.11 Å². The summed E-state index contributed by atoms with van der Waals surface area (Å²) in [4.78, 5) is 10.8. The van der Waals surface area contributed by atoms with Gasteiger partial charge in [0.2, 0.25) is 0 Å². The Hall–Kier alpha value is -2.36. The van der Waals surface area contributed by atoms with Crippen molar-refractivity contribution in [3.63, 3.8) is 0 Å². The first-order chi connectivity index (χ1) is 9.45. The Morgan fingerprint density at radius 3 is 2.50 bits per heavy atom. The van der Waals surface area contributed by atoms with Crippen LogP contribution in [0.15, 0.2) is 36.4 Å². The molecule has 0 radical (unpaired) electrons. The van der Waals surface area contributed by atoms with Crippen LogP contribution in [0.2, 0.25) is 0 Å². The van der Waals surface area contributed by atoms with E-state index >= 15 is 0 Å². The Labute approximate surface area is 117 Å². The van der Waals surface area contributed by atoms with E-state index < -0.39 is 11.8 Å². The van der Waals surface area contributed by atoms with Gasteiger partial charge in [0.05, 0.1) is 6.42 Å².